The quantitative estimate of drug-likeness (QED) is 0.0162. The molecule has 0 spiro atoms. The second kappa shape index (κ2) is 34.9. The molecule has 0 saturated carbocycles. The Morgan fingerprint density at radius 3 is 1.56 bits per heavy atom. The fraction of sp³-hybridized carbons (Fsp3) is 0.938. The van der Waals surface area contributed by atoms with Crippen LogP contribution in [0.1, 0.15) is 162 Å². The standard InChI is InChI=1S/C20H40O2.C12H25I2N3O2/c1-2-3-4-5-6-7-8-9-10-11-12-13-14-15-16-17-18-19-20(21)22;1-9(15-2)6-7-11(18)16-8-4-3-5-10(17-14)12(13)19/h2-19H2,1H3,(H,21,22);9-11,15-18H,3-8H2,1-2H3. The van der Waals surface area contributed by atoms with Crippen molar-refractivity contribution in [1.82, 2.24) is 14.2 Å². The maximum Gasteiger partial charge on any atom is 0.303 e. The third kappa shape index (κ3) is 36.5. The highest BCUT2D eigenvalue weighted by molar-refractivity contribution is 14.1. The Labute approximate surface area is 280 Å². The summed E-state index contributed by atoms with van der Waals surface area (Å²) < 4.78 is 3.13. The molecule has 3 unspecified atom stereocenters. The van der Waals surface area contributed by atoms with E-state index < -0.39 is 12.2 Å². The summed E-state index contributed by atoms with van der Waals surface area (Å²) in [5.74, 6) is -0.652. The van der Waals surface area contributed by atoms with Crippen LogP contribution in [0.2, 0.25) is 0 Å². The van der Waals surface area contributed by atoms with Crippen molar-refractivity contribution < 1.29 is 19.8 Å². The third-order valence-electron chi connectivity index (χ3n) is 7.57. The van der Waals surface area contributed by atoms with E-state index in [1.165, 1.54) is 96.3 Å². The van der Waals surface area contributed by atoms with Gasteiger partial charge in [0.1, 0.15) is 6.23 Å². The van der Waals surface area contributed by atoms with E-state index in [2.05, 4.69) is 28.0 Å². The van der Waals surface area contributed by atoms with E-state index in [1.807, 2.05) is 52.5 Å². The summed E-state index contributed by atoms with van der Waals surface area (Å²) in [6.07, 6.45) is 27.2. The Morgan fingerprint density at radius 2 is 1.17 bits per heavy atom. The van der Waals surface area contributed by atoms with Gasteiger partial charge in [-0.25, -0.2) is 3.53 Å². The fourth-order valence-electron chi connectivity index (χ4n) is 4.61. The topological polar surface area (TPSA) is 111 Å². The van der Waals surface area contributed by atoms with Crippen LogP contribution in [0.25, 0.3) is 0 Å². The zero-order valence-corrected chi connectivity index (χ0v) is 31.0. The monoisotopic (exact) mass is 809 g/mol. The summed E-state index contributed by atoms with van der Waals surface area (Å²) in [4.78, 5) is 21.5. The minimum Gasteiger partial charge on any atom is -0.481 e. The molecule has 246 valence electrons. The van der Waals surface area contributed by atoms with Crippen molar-refractivity contribution in [2.45, 2.75) is 180 Å². The first-order valence-corrected chi connectivity index (χ1v) is 18.8. The molecule has 0 heterocycles. The van der Waals surface area contributed by atoms with Gasteiger partial charge in [0.15, 0.2) is 0 Å². The average Bonchev–Trinajstić information content (AvgIpc) is 2.95. The molecular weight excluding hydrogens is 744 g/mol. The van der Waals surface area contributed by atoms with E-state index in [0.29, 0.717) is 12.5 Å². The van der Waals surface area contributed by atoms with Gasteiger partial charge in [0.05, 0.1) is 6.04 Å². The van der Waals surface area contributed by atoms with Crippen LogP contribution in [0.3, 0.4) is 0 Å². The van der Waals surface area contributed by atoms with Gasteiger partial charge in [0.25, 0.3) is 0 Å². The lowest BCUT2D eigenvalue weighted by molar-refractivity contribution is -0.137. The number of unbranched alkanes of at least 4 members (excludes halogenated alkanes) is 17. The summed E-state index contributed by atoms with van der Waals surface area (Å²) in [7, 11) is 1.93. The summed E-state index contributed by atoms with van der Waals surface area (Å²) in [6, 6.07) is 0.379. The van der Waals surface area contributed by atoms with E-state index in [9.17, 15) is 14.7 Å². The first kappa shape index (κ1) is 43.6. The molecule has 5 N–H and O–H groups in total. The molecule has 0 fully saturated rings. The van der Waals surface area contributed by atoms with Gasteiger partial charge in [-0.05, 0) is 52.6 Å². The maximum absolute atomic E-state index is 11.2. The molecule has 0 radical (unpaired) electrons. The smallest absolute Gasteiger partial charge is 0.303 e. The minimum atomic E-state index is -0.652. The number of nitrogens with one attached hydrogen (secondary N) is 3. The van der Waals surface area contributed by atoms with Crippen molar-refractivity contribution in [3.63, 3.8) is 0 Å². The minimum absolute atomic E-state index is 0.0531. The van der Waals surface area contributed by atoms with Crippen LogP contribution >= 0.6 is 45.5 Å². The Kier molecular flexibility index (Phi) is 37.1. The maximum atomic E-state index is 11.2. The van der Waals surface area contributed by atoms with Crippen LogP contribution in [0, 0.1) is 0 Å². The summed E-state index contributed by atoms with van der Waals surface area (Å²) >= 11 is 3.85. The van der Waals surface area contributed by atoms with Crippen molar-refractivity contribution in [3.8, 4) is 0 Å². The van der Waals surface area contributed by atoms with Crippen molar-refractivity contribution in [3.05, 3.63) is 0 Å². The molecule has 41 heavy (non-hydrogen) atoms. The lowest BCUT2D eigenvalue weighted by atomic mass is 10.0. The molecule has 3 atom stereocenters. The van der Waals surface area contributed by atoms with Crippen molar-refractivity contribution in [1.29, 1.82) is 0 Å². The Morgan fingerprint density at radius 1 is 0.707 bits per heavy atom. The number of aliphatic carboxylic acids is 1. The van der Waals surface area contributed by atoms with E-state index in [1.54, 1.807) is 0 Å². The number of carboxylic acids is 1. The van der Waals surface area contributed by atoms with Gasteiger partial charge in [-0.15, -0.1) is 0 Å². The number of aliphatic hydroxyl groups excluding tert-OH is 1. The zero-order chi connectivity index (χ0) is 31.0. The average molecular weight is 810 g/mol. The number of carboxylic acid groups (broad SMARTS) is 1. The number of carbonyl (C=O) groups is 2. The second-order valence-electron chi connectivity index (χ2n) is 11.5. The molecular formula is C32H65I2N3O4. The van der Waals surface area contributed by atoms with Gasteiger partial charge >= 0.3 is 5.97 Å². The molecule has 7 nitrogen and oxygen atoms in total. The molecule has 0 aliphatic heterocycles. The lowest BCUT2D eigenvalue weighted by Crippen LogP contribution is -2.32. The predicted molar refractivity (Wildman–Crippen MR) is 192 cm³/mol. The normalized spacial score (nSPS) is 13.3. The van der Waals surface area contributed by atoms with Crippen molar-refractivity contribution >= 4 is 55.2 Å². The van der Waals surface area contributed by atoms with Gasteiger partial charge in [-0.3, -0.25) is 14.9 Å². The number of carbonyl (C=O) groups excluding carboxylic acids is 1. The molecule has 9 heteroatoms. The highest BCUT2D eigenvalue weighted by Crippen LogP contribution is 2.14. The van der Waals surface area contributed by atoms with Crippen LogP contribution in [-0.2, 0) is 9.59 Å². The van der Waals surface area contributed by atoms with Crippen LogP contribution in [0.4, 0.5) is 0 Å². The molecule has 0 aromatic heterocycles. The summed E-state index contributed by atoms with van der Waals surface area (Å²) in [5, 5.41) is 24.5. The first-order chi connectivity index (χ1) is 19.8. The molecule has 0 amide bonds. The molecule has 0 aliphatic rings. The molecule has 0 aliphatic carbocycles. The van der Waals surface area contributed by atoms with Gasteiger partial charge < -0.3 is 15.5 Å². The highest BCUT2D eigenvalue weighted by atomic mass is 127. The van der Waals surface area contributed by atoms with Crippen LogP contribution in [0.5, 0.6) is 0 Å². The number of hydrogen-bond acceptors (Lipinski definition) is 6. The number of aliphatic hydroxyl groups is 1. The predicted octanol–water partition coefficient (Wildman–Crippen LogP) is 8.84. The Hall–Kier alpha value is 0.440. The molecule has 0 bridgehead atoms. The van der Waals surface area contributed by atoms with E-state index in [0.717, 1.165) is 51.5 Å². The summed E-state index contributed by atoms with van der Waals surface area (Å²) in [6.45, 7) is 5.17. The van der Waals surface area contributed by atoms with Gasteiger partial charge in [0.2, 0.25) is 3.79 Å². The SMILES string of the molecule is CCCCCCCCCCCCCCCCCCCC(=O)O.CNC(C)CCC(O)NCCCCC(NI)C(=O)I. The number of rotatable bonds is 30. The van der Waals surface area contributed by atoms with E-state index in [-0.39, 0.29) is 9.83 Å². The van der Waals surface area contributed by atoms with Crippen molar-refractivity contribution in [2.24, 2.45) is 0 Å². The summed E-state index contributed by atoms with van der Waals surface area (Å²) in [5.41, 5.74) is 0. The molecule has 0 aromatic rings. The first-order valence-electron chi connectivity index (χ1n) is 16.6. The van der Waals surface area contributed by atoms with Gasteiger partial charge in [-0.1, -0.05) is 116 Å². The lowest BCUT2D eigenvalue weighted by Gasteiger charge is -2.16. The van der Waals surface area contributed by atoms with E-state index in [4.69, 9.17) is 5.11 Å². The Bertz CT molecular complexity index is 573. The molecule has 0 rings (SSSR count). The zero-order valence-electron chi connectivity index (χ0n) is 26.7. The third-order valence-corrected chi connectivity index (χ3v) is 9.07. The number of hydrogen-bond donors (Lipinski definition) is 5. The van der Waals surface area contributed by atoms with E-state index >= 15 is 0 Å². The Balaban J connectivity index is 0. The van der Waals surface area contributed by atoms with Gasteiger partial charge in [0, 0.05) is 57.9 Å². The van der Waals surface area contributed by atoms with Crippen molar-refractivity contribution in [2.75, 3.05) is 13.6 Å². The molecule has 0 saturated heterocycles. The van der Waals surface area contributed by atoms with Crippen LogP contribution in [-0.4, -0.2) is 51.9 Å². The largest absolute Gasteiger partial charge is 0.481 e. The fourth-order valence-corrected chi connectivity index (χ4v) is 6.27. The highest BCUT2D eigenvalue weighted by Gasteiger charge is 2.13. The van der Waals surface area contributed by atoms with Crippen LogP contribution < -0.4 is 14.2 Å². The molecule has 0 aromatic carbocycles. The number of halogens is 2. The van der Waals surface area contributed by atoms with Crippen LogP contribution in [0.15, 0.2) is 0 Å². The van der Waals surface area contributed by atoms with Gasteiger partial charge in [-0.2, -0.15) is 0 Å². The second-order valence-corrected chi connectivity index (χ2v) is 13.2.